The van der Waals surface area contributed by atoms with Gasteiger partial charge in [0.05, 0.1) is 10.3 Å². The molecule has 2 aromatic heterocycles. The van der Waals surface area contributed by atoms with E-state index < -0.39 is 16.2 Å². The van der Waals surface area contributed by atoms with Crippen molar-refractivity contribution in [2.75, 3.05) is 13.1 Å². The number of piperidine rings is 1. The van der Waals surface area contributed by atoms with Crippen molar-refractivity contribution in [3.05, 3.63) is 67.0 Å². The number of nitro groups is 1. The van der Waals surface area contributed by atoms with E-state index in [0.717, 1.165) is 38.1 Å². The summed E-state index contributed by atoms with van der Waals surface area (Å²) in [5.74, 6) is -0.0781. The number of nitro benzene ring substituents is 1. The molecule has 1 fully saturated rings. The monoisotopic (exact) mass is 399 g/mol. The number of para-hydroxylation sites is 1. The molecule has 0 spiro atoms. The van der Waals surface area contributed by atoms with Crippen molar-refractivity contribution >= 4 is 22.2 Å². The molecule has 0 aliphatic carbocycles. The third-order valence-corrected chi connectivity index (χ3v) is 5.50. The maximum absolute atomic E-state index is 12.2. The molecule has 4 rings (SSSR count). The van der Waals surface area contributed by atoms with Crippen LogP contribution in [0.4, 0.5) is 5.69 Å². The molecule has 1 aliphatic rings. The van der Waals surface area contributed by atoms with Crippen molar-refractivity contribution in [3.63, 3.8) is 0 Å². The fourth-order valence-corrected chi connectivity index (χ4v) is 4.06. The topological polar surface area (TPSA) is 111 Å². The zero-order valence-corrected chi connectivity index (χ0v) is 16.2. The summed E-state index contributed by atoms with van der Waals surface area (Å²) in [5, 5.41) is 12.0. The molecule has 3 heterocycles. The summed E-state index contributed by atoms with van der Waals surface area (Å²) in [6, 6.07) is 6.85. The minimum absolute atomic E-state index is 0.0781. The Bertz CT molecular complexity index is 1230. The van der Waals surface area contributed by atoms with Crippen molar-refractivity contribution < 1.29 is 13.9 Å². The van der Waals surface area contributed by atoms with E-state index in [-0.39, 0.29) is 22.7 Å². The third kappa shape index (κ3) is 3.38. The predicted octanol–water partition coefficient (Wildman–Crippen LogP) is 3.06. The lowest BCUT2D eigenvalue weighted by Gasteiger charge is -2.34. The normalized spacial score (nSPS) is 16.0. The van der Waals surface area contributed by atoms with Gasteiger partial charge in [-0.2, -0.15) is 4.57 Å². The van der Waals surface area contributed by atoms with Gasteiger partial charge in [0.1, 0.15) is 5.69 Å². The Morgan fingerprint density at radius 1 is 1.10 bits per heavy atom. The van der Waals surface area contributed by atoms with Gasteiger partial charge in [0.15, 0.2) is 11.1 Å². The second-order valence-electron chi connectivity index (χ2n) is 7.51. The van der Waals surface area contributed by atoms with E-state index in [1.807, 2.05) is 0 Å². The molecule has 29 heavy (non-hydrogen) atoms. The van der Waals surface area contributed by atoms with Crippen molar-refractivity contribution in [3.8, 4) is 0 Å². The Morgan fingerprint density at radius 3 is 2.45 bits per heavy atom. The van der Waals surface area contributed by atoms with Gasteiger partial charge in [0.25, 0.3) is 5.69 Å². The van der Waals surface area contributed by atoms with Crippen molar-refractivity contribution in [2.45, 2.75) is 38.6 Å². The smallest absolute Gasteiger partial charge is 0.356 e. The minimum Gasteiger partial charge on any atom is -0.421 e. The van der Waals surface area contributed by atoms with Gasteiger partial charge in [-0.25, -0.2) is 9.59 Å². The van der Waals surface area contributed by atoms with Crippen LogP contribution in [-0.4, -0.2) is 33.5 Å². The van der Waals surface area contributed by atoms with Crippen LogP contribution in [0.3, 0.4) is 0 Å². The fraction of sp³-hybridized carbons (Fsp3) is 0.400. The molecule has 0 saturated carbocycles. The third-order valence-electron chi connectivity index (χ3n) is 5.50. The van der Waals surface area contributed by atoms with Gasteiger partial charge in [-0.1, -0.05) is 6.07 Å². The zero-order chi connectivity index (χ0) is 20.7. The summed E-state index contributed by atoms with van der Waals surface area (Å²) >= 11 is 0. The molecule has 9 nitrogen and oxygen atoms in total. The SMILES string of the molecule is CC(C)N1CCC(c2c3oc(=O)ccc(=O)on2c2c([N+](=O)[O-])cccc32)CC1. The maximum atomic E-state index is 12.2. The van der Waals surface area contributed by atoms with Gasteiger partial charge >= 0.3 is 11.3 Å². The maximum Gasteiger partial charge on any atom is 0.356 e. The van der Waals surface area contributed by atoms with Crippen molar-refractivity contribution in [2.24, 2.45) is 0 Å². The summed E-state index contributed by atoms with van der Waals surface area (Å²) in [7, 11) is 0. The van der Waals surface area contributed by atoms with Crippen LogP contribution < -0.4 is 11.3 Å². The Morgan fingerprint density at radius 2 is 1.79 bits per heavy atom. The second-order valence-corrected chi connectivity index (χ2v) is 7.51. The molecule has 9 heteroatoms. The number of aromatic nitrogens is 1. The Hall–Kier alpha value is -3.20. The molecule has 0 unspecified atom stereocenters. The Kier molecular flexibility index (Phi) is 4.83. The number of non-ortho nitro benzene ring substituents is 1. The number of rotatable bonds is 3. The lowest BCUT2D eigenvalue weighted by atomic mass is 9.92. The molecule has 152 valence electrons. The molecule has 0 radical (unpaired) electrons. The van der Waals surface area contributed by atoms with Crippen LogP contribution in [0.5, 0.6) is 0 Å². The first-order chi connectivity index (χ1) is 13.9. The minimum atomic E-state index is -0.800. The lowest BCUT2D eigenvalue weighted by Crippen LogP contribution is -2.38. The summed E-state index contributed by atoms with van der Waals surface area (Å²) in [6.45, 7) is 5.91. The van der Waals surface area contributed by atoms with Crippen molar-refractivity contribution in [1.29, 1.82) is 0 Å². The summed E-state index contributed by atoms with van der Waals surface area (Å²) < 4.78 is 12.2. The van der Waals surface area contributed by atoms with Gasteiger partial charge < -0.3 is 13.8 Å². The molecule has 1 saturated heterocycles. The van der Waals surface area contributed by atoms with E-state index in [9.17, 15) is 19.7 Å². The van der Waals surface area contributed by atoms with Gasteiger partial charge in [0, 0.05) is 30.2 Å². The highest BCUT2D eigenvalue weighted by Crippen LogP contribution is 2.39. The highest BCUT2D eigenvalue weighted by molar-refractivity contribution is 6.00. The number of benzene rings is 1. The highest BCUT2D eigenvalue weighted by atomic mass is 16.6. The largest absolute Gasteiger partial charge is 0.421 e. The van der Waals surface area contributed by atoms with E-state index in [2.05, 4.69) is 18.7 Å². The molecule has 1 aromatic carbocycles. The van der Waals surface area contributed by atoms with E-state index in [1.54, 1.807) is 6.07 Å². The van der Waals surface area contributed by atoms with Crippen molar-refractivity contribution in [1.82, 2.24) is 9.47 Å². The average Bonchev–Trinajstić information content (AvgIpc) is 3.01. The molecule has 1 aliphatic heterocycles. The lowest BCUT2D eigenvalue weighted by molar-refractivity contribution is -0.383. The molecule has 3 aromatic rings. The molecule has 0 N–H and O–H groups in total. The van der Waals surface area contributed by atoms with E-state index in [0.29, 0.717) is 17.1 Å². The van der Waals surface area contributed by atoms with E-state index in [1.165, 1.54) is 16.7 Å². The molecule has 0 atom stereocenters. The van der Waals surface area contributed by atoms with Crippen LogP contribution in [0.25, 0.3) is 16.5 Å². The number of fused-ring (bicyclic) bond motifs is 5. The average molecular weight is 399 g/mol. The fourth-order valence-electron chi connectivity index (χ4n) is 4.06. The standard InChI is InChI=1S/C20H21N3O6/c1-12(2)21-10-8-13(9-11-21)18-20-14-4-3-5-15(23(26)27)19(14)22(18)29-17(25)7-6-16(24)28-20/h3-7,12-13H,8-11H2,1-2H3. The first-order valence-corrected chi connectivity index (χ1v) is 9.54. The second kappa shape index (κ2) is 7.32. The number of hydrogen-bond acceptors (Lipinski definition) is 7. The number of likely N-dealkylation sites (tertiary alicyclic amines) is 1. The van der Waals surface area contributed by atoms with Gasteiger partial charge in [-0.15, -0.1) is 0 Å². The first kappa shape index (κ1) is 19.1. The van der Waals surface area contributed by atoms with Crippen LogP contribution >= 0.6 is 0 Å². The zero-order valence-electron chi connectivity index (χ0n) is 16.2. The number of nitrogens with zero attached hydrogens (tertiary/aromatic N) is 3. The van der Waals surface area contributed by atoms with Crippen LogP contribution in [0.15, 0.2) is 48.9 Å². The van der Waals surface area contributed by atoms with E-state index in [4.69, 9.17) is 8.94 Å². The molecule has 2 bridgehead atoms. The summed E-state index contributed by atoms with van der Waals surface area (Å²) in [5.41, 5.74) is -0.922. The quantitative estimate of drug-likeness (QED) is 0.491. The summed E-state index contributed by atoms with van der Waals surface area (Å²) in [4.78, 5) is 37.9. The van der Waals surface area contributed by atoms with Gasteiger partial charge in [-0.05, 0) is 45.8 Å². The van der Waals surface area contributed by atoms with Crippen LogP contribution in [0, 0.1) is 10.1 Å². The summed E-state index contributed by atoms with van der Waals surface area (Å²) in [6.07, 6.45) is 1.50. The predicted molar refractivity (Wildman–Crippen MR) is 106 cm³/mol. The molecular formula is C20H21N3O6. The first-order valence-electron chi connectivity index (χ1n) is 9.54. The Labute approximate surface area is 164 Å². The van der Waals surface area contributed by atoms with Crippen LogP contribution in [-0.2, 0) is 0 Å². The van der Waals surface area contributed by atoms with Crippen LogP contribution in [0.2, 0.25) is 0 Å². The van der Waals surface area contributed by atoms with E-state index >= 15 is 0 Å². The molecule has 0 amide bonds. The van der Waals surface area contributed by atoms with Crippen LogP contribution in [0.1, 0.15) is 38.3 Å². The highest BCUT2D eigenvalue weighted by Gasteiger charge is 2.31. The molecular weight excluding hydrogens is 378 g/mol. The van der Waals surface area contributed by atoms with Gasteiger partial charge in [0.2, 0.25) is 0 Å². The number of hydrogen-bond donors (Lipinski definition) is 0. The Balaban J connectivity index is 2.08. The van der Waals surface area contributed by atoms with Gasteiger partial charge in [-0.3, -0.25) is 10.1 Å².